The standard InChI is InChI=1S/C52H83N5O11/c1-10-33(4)46(42(67-8)31-44(60)57-26-18-21-40(57)48(68-9)35(6)41(58)30-38(52(65)66)28-36-19-14-13-15-20-36)55(7)50(62)45(32(2)3)54-49(61)47-37-22-23-39(29-37)56(47)25-17-12-11-16-24-53-43(59)27-34(5)51(63)64/h13-15,19-20,32-35,37-40,42,45-48H,10-12,16-18,21-31H2,1-9H3,(H,53,59)(H,54,61)(H,63,64)(H,65,66)/t33-,34?,35-,37-,38+,39-,40-,42+,45-,46-,47-,48+/m0/s1. The molecule has 382 valence electrons. The van der Waals surface area contributed by atoms with Crippen molar-refractivity contribution in [3.05, 3.63) is 35.9 Å². The van der Waals surface area contributed by atoms with Gasteiger partial charge < -0.3 is 40.1 Å². The molecule has 2 saturated heterocycles. The van der Waals surface area contributed by atoms with E-state index in [1.165, 1.54) is 14.0 Å². The molecule has 1 aromatic carbocycles. The van der Waals surface area contributed by atoms with Gasteiger partial charge in [-0.25, -0.2) is 0 Å². The third kappa shape index (κ3) is 15.0. The molecule has 0 radical (unpaired) electrons. The summed E-state index contributed by atoms with van der Waals surface area (Å²) in [5.74, 6) is -5.43. The van der Waals surface area contributed by atoms with Crippen molar-refractivity contribution in [2.75, 3.05) is 40.9 Å². The van der Waals surface area contributed by atoms with Gasteiger partial charge in [-0.15, -0.1) is 0 Å². The number of nitrogens with zero attached hydrogens (tertiary/aromatic N) is 3. The highest BCUT2D eigenvalue weighted by Gasteiger charge is 2.50. The molecule has 4 N–H and O–H groups in total. The molecule has 4 amide bonds. The van der Waals surface area contributed by atoms with Crippen LogP contribution in [0.1, 0.15) is 131 Å². The number of benzene rings is 1. The molecule has 16 nitrogen and oxygen atoms in total. The summed E-state index contributed by atoms with van der Waals surface area (Å²) in [6.45, 7) is 12.9. The maximum atomic E-state index is 14.7. The molecule has 0 aromatic heterocycles. The minimum atomic E-state index is -1.04. The maximum absolute atomic E-state index is 14.7. The summed E-state index contributed by atoms with van der Waals surface area (Å²) < 4.78 is 12.0. The Morgan fingerprint density at radius 2 is 1.54 bits per heavy atom. The topological polar surface area (TPSA) is 212 Å². The van der Waals surface area contributed by atoms with E-state index in [1.54, 1.807) is 30.9 Å². The number of hydrogen-bond acceptors (Lipinski definition) is 10. The van der Waals surface area contributed by atoms with Gasteiger partial charge in [-0.05, 0) is 81.2 Å². The summed E-state index contributed by atoms with van der Waals surface area (Å²) in [6, 6.07) is 7.52. The van der Waals surface area contributed by atoms with Crippen molar-refractivity contribution < 1.29 is 53.2 Å². The lowest BCUT2D eigenvalue weighted by atomic mass is 9.85. The average Bonchev–Trinajstić information content (AvgIpc) is 4.08. The zero-order valence-electron chi connectivity index (χ0n) is 42.3. The van der Waals surface area contributed by atoms with Crippen molar-refractivity contribution in [2.45, 2.75) is 174 Å². The molecule has 4 rings (SSSR count). The molecule has 1 saturated carbocycles. The Morgan fingerprint density at radius 1 is 0.853 bits per heavy atom. The van der Waals surface area contributed by atoms with Crippen LogP contribution in [0.25, 0.3) is 0 Å². The Bertz CT molecular complexity index is 1830. The van der Waals surface area contributed by atoms with Crippen molar-refractivity contribution in [1.29, 1.82) is 0 Å². The van der Waals surface area contributed by atoms with Gasteiger partial charge in [0.2, 0.25) is 23.6 Å². The molecule has 3 fully saturated rings. The summed E-state index contributed by atoms with van der Waals surface area (Å²) in [5, 5.41) is 25.1. The molecule has 1 unspecified atom stereocenters. The number of unbranched alkanes of at least 4 members (excludes halogenated alkanes) is 3. The van der Waals surface area contributed by atoms with E-state index in [4.69, 9.17) is 14.6 Å². The molecule has 2 bridgehead atoms. The zero-order valence-corrected chi connectivity index (χ0v) is 42.3. The van der Waals surface area contributed by atoms with E-state index in [0.717, 1.165) is 57.1 Å². The molecule has 2 aliphatic heterocycles. The maximum Gasteiger partial charge on any atom is 0.307 e. The summed E-state index contributed by atoms with van der Waals surface area (Å²) in [4.78, 5) is 98.2. The van der Waals surface area contributed by atoms with Crippen LogP contribution in [0.5, 0.6) is 0 Å². The largest absolute Gasteiger partial charge is 0.481 e. The second-order valence-electron chi connectivity index (χ2n) is 20.3. The number of piperidine rings is 1. The number of carbonyl (C=O) groups excluding carboxylic acids is 5. The monoisotopic (exact) mass is 954 g/mol. The highest BCUT2D eigenvalue weighted by atomic mass is 16.5. The number of likely N-dealkylation sites (N-methyl/N-ethyl adjacent to an activating group) is 1. The van der Waals surface area contributed by atoms with E-state index in [1.807, 2.05) is 58.0 Å². The highest BCUT2D eigenvalue weighted by molar-refractivity contribution is 5.91. The van der Waals surface area contributed by atoms with Crippen LogP contribution >= 0.6 is 0 Å². The van der Waals surface area contributed by atoms with Gasteiger partial charge in [-0.1, -0.05) is 91.1 Å². The number of carbonyl (C=O) groups is 7. The van der Waals surface area contributed by atoms with Crippen LogP contribution in [0.2, 0.25) is 0 Å². The Hall–Kier alpha value is -4.41. The van der Waals surface area contributed by atoms with Crippen molar-refractivity contribution in [1.82, 2.24) is 25.3 Å². The quantitative estimate of drug-likeness (QED) is 0.0696. The number of aliphatic carboxylic acids is 2. The average molecular weight is 954 g/mol. The van der Waals surface area contributed by atoms with Gasteiger partial charge in [-0.2, -0.15) is 0 Å². The predicted octanol–water partition coefficient (Wildman–Crippen LogP) is 5.59. The Labute approximate surface area is 405 Å². The molecule has 1 aromatic rings. The molecule has 16 heteroatoms. The smallest absolute Gasteiger partial charge is 0.307 e. The van der Waals surface area contributed by atoms with Gasteiger partial charge in [0.05, 0.1) is 48.6 Å². The molecule has 0 spiro atoms. The van der Waals surface area contributed by atoms with E-state index >= 15 is 0 Å². The number of fused-ring (bicyclic) bond motifs is 2. The minimum Gasteiger partial charge on any atom is -0.481 e. The normalized spacial score (nSPS) is 22.7. The second-order valence-corrected chi connectivity index (χ2v) is 20.3. The summed E-state index contributed by atoms with van der Waals surface area (Å²) in [7, 11) is 4.81. The number of likely N-dealkylation sites (tertiary alicyclic amines) is 2. The molecule has 3 aliphatic rings. The van der Waals surface area contributed by atoms with Crippen LogP contribution in [0.15, 0.2) is 30.3 Å². The second kappa shape index (κ2) is 27.1. The van der Waals surface area contributed by atoms with Gasteiger partial charge in [-0.3, -0.25) is 38.5 Å². The first-order valence-corrected chi connectivity index (χ1v) is 25.3. The fourth-order valence-corrected chi connectivity index (χ4v) is 11.1. The van der Waals surface area contributed by atoms with E-state index in [-0.39, 0.29) is 78.9 Å². The van der Waals surface area contributed by atoms with Gasteiger partial charge in [0.15, 0.2) is 0 Å². The SMILES string of the molecule is CC[C@H](C)[C@@H]([C@@H](CC(=O)N1CCC[C@H]1[C@H](OC)[C@@H](C)C(=O)C[C@@H](Cc1ccccc1)C(=O)O)OC)N(C)C(=O)[C@@H](NC(=O)[C@@H]1[C@H]2CC[C@@H](C2)N1CCCCCCNC(=O)CC(C)C(=O)O)C(C)C. The first-order chi connectivity index (χ1) is 32.3. The summed E-state index contributed by atoms with van der Waals surface area (Å²) in [5.41, 5.74) is 0.838. The summed E-state index contributed by atoms with van der Waals surface area (Å²) in [6.07, 6.45) is 7.19. The fraction of sp³-hybridized carbons (Fsp3) is 0.750. The molecule has 68 heavy (non-hydrogen) atoms. The summed E-state index contributed by atoms with van der Waals surface area (Å²) >= 11 is 0. The molecule has 1 aliphatic carbocycles. The van der Waals surface area contributed by atoms with Gasteiger partial charge in [0, 0.05) is 59.2 Å². The third-order valence-corrected chi connectivity index (χ3v) is 15.3. The van der Waals surface area contributed by atoms with Crippen molar-refractivity contribution in [2.24, 2.45) is 35.5 Å². The molecule has 2 heterocycles. The van der Waals surface area contributed by atoms with Gasteiger partial charge in [0.1, 0.15) is 11.8 Å². The van der Waals surface area contributed by atoms with Crippen LogP contribution in [0.3, 0.4) is 0 Å². The number of nitrogens with one attached hydrogen (secondary N) is 2. The molecule has 12 atom stereocenters. The van der Waals surface area contributed by atoms with Crippen molar-refractivity contribution in [3.8, 4) is 0 Å². The number of methoxy groups -OCH3 is 2. The lowest BCUT2D eigenvalue weighted by Crippen LogP contribution is -2.60. The Morgan fingerprint density at radius 3 is 2.16 bits per heavy atom. The van der Waals surface area contributed by atoms with E-state index in [2.05, 4.69) is 15.5 Å². The highest BCUT2D eigenvalue weighted by Crippen LogP contribution is 2.43. The van der Waals surface area contributed by atoms with E-state index in [0.29, 0.717) is 38.4 Å². The first kappa shape index (κ1) is 56.2. The third-order valence-electron chi connectivity index (χ3n) is 15.3. The lowest BCUT2D eigenvalue weighted by Gasteiger charge is -2.41. The number of carboxylic acids is 2. The Balaban J connectivity index is 1.38. The number of Topliss-reactive ketones (excluding diaryl/α,β-unsaturated/α-hetero) is 1. The number of amides is 4. The van der Waals surface area contributed by atoms with Crippen molar-refractivity contribution >= 4 is 41.4 Å². The van der Waals surface area contributed by atoms with E-state index in [9.17, 15) is 38.7 Å². The molecular formula is C52H83N5O11. The van der Waals surface area contributed by atoms with E-state index < -0.39 is 60.0 Å². The lowest BCUT2D eigenvalue weighted by molar-refractivity contribution is -0.148. The van der Waals surface area contributed by atoms with Gasteiger partial charge in [0.25, 0.3) is 0 Å². The fourth-order valence-electron chi connectivity index (χ4n) is 11.1. The van der Waals surface area contributed by atoms with Gasteiger partial charge >= 0.3 is 11.9 Å². The van der Waals surface area contributed by atoms with Crippen LogP contribution in [0.4, 0.5) is 0 Å². The number of ketones is 1. The van der Waals surface area contributed by atoms with Crippen LogP contribution < -0.4 is 10.6 Å². The zero-order chi connectivity index (χ0) is 50.2. The number of hydrogen-bond donors (Lipinski definition) is 4. The Kier molecular flexibility index (Phi) is 22.4. The van der Waals surface area contributed by atoms with Crippen LogP contribution in [0, 0.1) is 35.5 Å². The first-order valence-electron chi connectivity index (χ1n) is 25.3. The molecular weight excluding hydrogens is 871 g/mol. The minimum absolute atomic E-state index is 0.0178. The van der Waals surface area contributed by atoms with Crippen molar-refractivity contribution in [3.63, 3.8) is 0 Å². The number of ether oxygens (including phenoxy) is 2. The number of carboxylic acid groups (broad SMARTS) is 2. The number of rotatable bonds is 30. The predicted molar refractivity (Wildman–Crippen MR) is 258 cm³/mol. The van der Waals surface area contributed by atoms with Crippen LogP contribution in [-0.4, -0.2) is 150 Å². The van der Waals surface area contributed by atoms with Crippen LogP contribution in [-0.2, 0) is 49.5 Å².